The minimum absolute atomic E-state index is 0.0835. The van der Waals surface area contributed by atoms with E-state index in [4.69, 9.17) is 0 Å². The van der Waals surface area contributed by atoms with Crippen LogP contribution in [0, 0.1) is 6.92 Å². The van der Waals surface area contributed by atoms with Crippen LogP contribution in [0.5, 0.6) is 0 Å². The normalized spacial score (nSPS) is 14.1. The fourth-order valence-electron chi connectivity index (χ4n) is 2.47. The highest BCUT2D eigenvalue weighted by atomic mass is 16.2. The Balaban J connectivity index is 2.00. The molecule has 0 spiro atoms. The summed E-state index contributed by atoms with van der Waals surface area (Å²) in [6.45, 7) is 12.2. The van der Waals surface area contributed by atoms with Gasteiger partial charge >= 0.3 is 6.03 Å². The van der Waals surface area contributed by atoms with E-state index >= 15 is 0 Å². The lowest BCUT2D eigenvalue weighted by atomic mass is 10.1. The van der Waals surface area contributed by atoms with Gasteiger partial charge in [-0.1, -0.05) is 6.07 Å². The summed E-state index contributed by atoms with van der Waals surface area (Å²) < 4.78 is 1.94. The number of rotatable bonds is 4. The van der Waals surface area contributed by atoms with Gasteiger partial charge in [-0.3, -0.25) is 9.67 Å². The molecule has 2 aromatic heterocycles. The number of carbonyl (C=O) groups excluding carboxylic acids is 1. The molecule has 0 bridgehead atoms. The van der Waals surface area contributed by atoms with Crippen molar-refractivity contribution in [1.82, 2.24) is 25.4 Å². The Morgan fingerprint density at radius 3 is 2.42 bits per heavy atom. The SMILES string of the molecule is Cc1nn(C(C)(C)C)cc1C(C)NC(=O)NC(C)c1cccnc1. The largest absolute Gasteiger partial charge is 0.332 e. The monoisotopic (exact) mass is 329 g/mol. The fourth-order valence-corrected chi connectivity index (χ4v) is 2.47. The third kappa shape index (κ3) is 4.34. The third-order valence-electron chi connectivity index (χ3n) is 3.97. The summed E-state index contributed by atoms with van der Waals surface area (Å²) in [5, 5.41) is 10.5. The Bertz CT molecular complexity index is 687. The van der Waals surface area contributed by atoms with E-state index in [2.05, 4.69) is 41.5 Å². The van der Waals surface area contributed by atoms with E-state index in [0.29, 0.717) is 0 Å². The van der Waals surface area contributed by atoms with Gasteiger partial charge in [-0.25, -0.2) is 4.79 Å². The van der Waals surface area contributed by atoms with Crippen molar-refractivity contribution in [2.24, 2.45) is 0 Å². The number of amides is 2. The summed E-state index contributed by atoms with van der Waals surface area (Å²) in [5.74, 6) is 0. The topological polar surface area (TPSA) is 71.8 Å². The summed E-state index contributed by atoms with van der Waals surface area (Å²) in [6, 6.07) is 3.37. The van der Waals surface area contributed by atoms with E-state index in [1.165, 1.54) is 0 Å². The number of urea groups is 1. The number of aromatic nitrogens is 3. The maximum absolute atomic E-state index is 12.3. The lowest BCUT2D eigenvalue weighted by Gasteiger charge is -2.19. The first kappa shape index (κ1) is 18.0. The molecule has 0 saturated carbocycles. The number of aryl methyl sites for hydroxylation is 1. The molecule has 0 fully saturated rings. The molecule has 2 aromatic rings. The first-order valence-corrected chi connectivity index (χ1v) is 8.22. The maximum Gasteiger partial charge on any atom is 0.315 e. The second kappa shape index (κ2) is 7.03. The van der Waals surface area contributed by atoms with Gasteiger partial charge in [0.2, 0.25) is 0 Å². The Labute approximate surface area is 143 Å². The Morgan fingerprint density at radius 1 is 1.21 bits per heavy atom. The molecule has 0 aliphatic rings. The van der Waals surface area contributed by atoms with Crippen molar-refractivity contribution in [3.8, 4) is 0 Å². The van der Waals surface area contributed by atoms with Gasteiger partial charge in [0.1, 0.15) is 0 Å². The average molecular weight is 329 g/mol. The molecule has 0 radical (unpaired) electrons. The van der Waals surface area contributed by atoms with Crippen molar-refractivity contribution in [1.29, 1.82) is 0 Å². The van der Waals surface area contributed by atoms with E-state index in [1.54, 1.807) is 12.4 Å². The second-order valence-electron chi connectivity index (χ2n) is 7.13. The lowest BCUT2D eigenvalue weighted by Crippen LogP contribution is -2.38. The number of nitrogens with zero attached hydrogens (tertiary/aromatic N) is 3. The van der Waals surface area contributed by atoms with Crippen molar-refractivity contribution in [2.45, 2.75) is 59.2 Å². The van der Waals surface area contributed by atoms with Crippen LogP contribution in [0.4, 0.5) is 4.79 Å². The summed E-state index contributed by atoms with van der Waals surface area (Å²) in [7, 11) is 0. The van der Waals surface area contributed by atoms with Crippen molar-refractivity contribution < 1.29 is 4.79 Å². The number of nitrogens with one attached hydrogen (secondary N) is 2. The Kier molecular flexibility index (Phi) is 5.26. The van der Waals surface area contributed by atoms with Gasteiger partial charge in [0.05, 0.1) is 23.3 Å². The quantitative estimate of drug-likeness (QED) is 0.902. The average Bonchev–Trinajstić information content (AvgIpc) is 2.90. The molecule has 2 amide bonds. The first-order chi connectivity index (χ1) is 11.2. The molecule has 6 nitrogen and oxygen atoms in total. The van der Waals surface area contributed by atoms with Crippen LogP contribution in [-0.2, 0) is 5.54 Å². The van der Waals surface area contributed by atoms with E-state index in [-0.39, 0.29) is 23.7 Å². The van der Waals surface area contributed by atoms with E-state index in [1.807, 2.05) is 43.8 Å². The highest BCUT2D eigenvalue weighted by Crippen LogP contribution is 2.21. The first-order valence-electron chi connectivity index (χ1n) is 8.22. The molecular weight excluding hydrogens is 302 g/mol. The summed E-state index contributed by atoms with van der Waals surface area (Å²) in [6.07, 6.45) is 5.48. The molecule has 0 aliphatic carbocycles. The molecule has 0 saturated heterocycles. The van der Waals surface area contributed by atoms with Crippen molar-refractivity contribution in [2.75, 3.05) is 0 Å². The highest BCUT2D eigenvalue weighted by molar-refractivity contribution is 5.74. The van der Waals surface area contributed by atoms with Gasteiger partial charge in [0, 0.05) is 24.2 Å². The smallest absolute Gasteiger partial charge is 0.315 e. The Morgan fingerprint density at radius 2 is 1.88 bits per heavy atom. The van der Waals surface area contributed by atoms with Crippen LogP contribution in [-0.4, -0.2) is 20.8 Å². The predicted octanol–water partition coefficient (Wildman–Crippen LogP) is 3.46. The number of carbonyl (C=O) groups is 1. The molecule has 6 heteroatoms. The molecule has 2 heterocycles. The molecule has 2 unspecified atom stereocenters. The molecule has 2 rings (SSSR count). The lowest BCUT2D eigenvalue weighted by molar-refractivity contribution is 0.235. The van der Waals surface area contributed by atoms with Crippen LogP contribution in [0.2, 0.25) is 0 Å². The van der Waals surface area contributed by atoms with Crippen LogP contribution in [0.1, 0.15) is 63.5 Å². The van der Waals surface area contributed by atoms with Crippen LogP contribution in [0.3, 0.4) is 0 Å². The number of hydrogen-bond donors (Lipinski definition) is 2. The third-order valence-corrected chi connectivity index (χ3v) is 3.97. The van der Waals surface area contributed by atoms with E-state index in [9.17, 15) is 4.79 Å². The van der Waals surface area contributed by atoms with E-state index in [0.717, 1.165) is 16.8 Å². The van der Waals surface area contributed by atoms with Gasteiger partial charge in [-0.05, 0) is 53.2 Å². The zero-order valence-electron chi connectivity index (χ0n) is 15.3. The molecule has 24 heavy (non-hydrogen) atoms. The number of pyridine rings is 1. The van der Waals surface area contributed by atoms with Crippen molar-refractivity contribution in [3.63, 3.8) is 0 Å². The van der Waals surface area contributed by atoms with Crippen molar-refractivity contribution in [3.05, 3.63) is 47.5 Å². The number of hydrogen-bond acceptors (Lipinski definition) is 3. The molecule has 130 valence electrons. The second-order valence-corrected chi connectivity index (χ2v) is 7.13. The van der Waals surface area contributed by atoms with Crippen LogP contribution < -0.4 is 10.6 Å². The standard InChI is InChI=1S/C18H27N5O/c1-12(15-8-7-9-19-10-15)20-17(24)21-13(2)16-11-23(18(4,5)6)22-14(16)3/h7-13H,1-6H3,(H2,20,21,24). The van der Waals surface area contributed by atoms with Crippen molar-refractivity contribution >= 4 is 6.03 Å². The molecule has 0 aromatic carbocycles. The minimum Gasteiger partial charge on any atom is -0.332 e. The zero-order valence-corrected chi connectivity index (χ0v) is 15.3. The summed E-state index contributed by atoms with van der Waals surface area (Å²) in [4.78, 5) is 16.3. The van der Waals surface area contributed by atoms with Crippen LogP contribution in [0.25, 0.3) is 0 Å². The summed E-state index contributed by atoms with van der Waals surface area (Å²) in [5.41, 5.74) is 2.84. The predicted molar refractivity (Wildman–Crippen MR) is 94.7 cm³/mol. The highest BCUT2D eigenvalue weighted by Gasteiger charge is 2.20. The van der Waals surface area contributed by atoms with Gasteiger partial charge in [0.15, 0.2) is 0 Å². The summed E-state index contributed by atoms with van der Waals surface area (Å²) >= 11 is 0. The fraction of sp³-hybridized carbons (Fsp3) is 0.500. The van der Waals surface area contributed by atoms with Crippen LogP contribution >= 0.6 is 0 Å². The molecular formula is C18H27N5O. The van der Waals surface area contributed by atoms with Gasteiger partial charge < -0.3 is 10.6 Å². The van der Waals surface area contributed by atoms with Gasteiger partial charge in [-0.15, -0.1) is 0 Å². The minimum atomic E-state index is -0.207. The molecule has 0 aliphatic heterocycles. The molecule has 2 atom stereocenters. The van der Waals surface area contributed by atoms with E-state index < -0.39 is 0 Å². The van der Waals surface area contributed by atoms with Crippen LogP contribution in [0.15, 0.2) is 30.7 Å². The molecule has 2 N–H and O–H groups in total. The zero-order chi connectivity index (χ0) is 17.9. The maximum atomic E-state index is 12.3. The van der Waals surface area contributed by atoms with Gasteiger partial charge in [0.25, 0.3) is 0 Å². The van der Waals surface area contributed by atoms with Gasteiger partial charge in [-0.2, -0.15) is 5.10 Å². The Hall–Kier alpha value is -2.37.